The van der Waals surface area contributed by atoms with Crippen LogP contribution in [0.15, 0.2) is 174 Å². The van der Waals surface area contributed by atoms with Gasteiger partial charge >= 0.3 is 0 Å². The van der Waals surface area contributed by atoms with E-state index >= 15 is 0 Å². The van der Waals surface area contributed by atoms with Gasteiger partial charge in [0.15, 0.2) is 11.6 Å². The molecule has 3 aromatic heterocycles. The molecule has 0 saturated heterocycles. The zero-order valence-corrected chi connectivity index (χ0v) is 26.9. The molecule has 50 heavy (non-hydrogen) atoms. The molecular formula is C45H28N4O. The van der Waals surface area contributed by atoms with E-state index in [1.165, 1.54) is 5.56 Å². The van der Waals surface area contributed by atoms with Crippen molar-refractivity contribution < 1.29 is 4.42 Å². The number of furan rings is 1. The zero-order valence-electron chi connectivity index (χ0n) is 26.9. The Hall–Kier alpha value is -6.85. The van der Waals surface area contributed by atoms with Crippen LogP contribution in [0.4, 0.5) is 0 Å². The van der Waals surface area contributed by atoms with Gasteiger partial charge in [0.25, 0.3) is 0 Å². The molecular weight excluding hydrogens is 613 g/mol. The molecule has 0 N–H and O–H groups in total. The Balaban J connectivity index is 1.22. The van der Waals surface area contributed by atoms with Gasteiger partial charge in [0.2, 0.25) is 5.95 Å². The van der Waals surface area contributed by atoms with E-state index in [0.717, 1.165) is 71.6 Å². The van der Waals surface area contributed by atoms with Crippen molar-refractivity contribution in [3.8, 4) is 51.0 Å². The Labute approximate surface area is 287 Å². The second kappa shape index (κ2) is 11.4. The third kappa shape index (κ3) is 4.60. The molecule has 10 rings (SSSR count). The highest BCUT2D eigenvalue weighted by Gasteiger charge is 2.21. The van der Waals surface area contributed by atoms with Crippen LogP contribution < -0.4 is 0 Å². The van der Waals surface area contributed by atoms with Gasteiger partial charge in [-0.05, 0) is 41.0 Å². The van der Waals surface area contributed by atoms with Gasteiger partial charge in [-0.2, -0.15) is 9.97 Å². The van der Waals surface area contributed by atoms with Gasteiger partial charge in [-0.15, -0.1) is 0 Å². The van der Waals surface area contributed by atoms with Crippen LogP contribution in [0.3, 0.4) is 0 Å². The van der Waals surface area contributed by atoms with E-state index in [9.17, 15) is 0 Å². The molecule has 0 bridgehead atoms. The summed E-state index contributed by atoms with van der Waals surface area (Å²) >= 11 is 0. The van der Waals surface area contributed by atoms with Crippen LogP contribution >= 0.6 is 0 Å². The molecule has 0 aliphatic heterocycles. The molecule has 0 spiro atoms. The average Bonchev–Trinajstić information content (AvgIpc) is 3.74. The average molecular weight is 641 g/mol. The van der Waals surface area contributed by atoms with Gasteiger partial charge in [-0.1, -0.05) is 146 Å². The van der Waals surface area contributed by atoms with Crippen molar-refractivity contribution in [2.75, 3.05) is 0 Å². The van der Waals surface area contributed by atoms with Gasteiger partial charge in [0.05, 0.1) is 11.0 Å². The van der Waals surface area contributed by atoms with Crippen LogP contribution in [0.1, 0.15) is 0 Å². The minimum absolute atomic E-state index is 0.560. The normalized spacial score (nSPS) is 11.6. The number of benzene rings is 7. The van der Waals surface area contributed by atoms with Crippen molar-refractivity contribution in [1.82, 2.24) is 19.5 Å². The number of hydrogen-bond donors (Lipinski definition) is 0. The molecule has 10 aromatic rings. The van der Waals surface area contributed by atoms with Crippen LogP contribution in [0.5, 0.6) is 0 Å². The predicted octanol–water partition coefficient (Wildman–Crippen LogP) is 11.5. The second-order valence-corrected chi connectivity index (χ2v) is 12.5. The summed E-state index contributed by atoms with van der Waals surface area (Å²) in [5.41, 5.74) is 10.1. The number of aromatic nitrogens is 4. The number of fused-ring (bicyclic) bond motifs is 6. The molecule has 5 heteroatoms. The molecule has 7 aromatic carbocycles. The fraction of sp³-hybridized carbons (Fsp3) is 0. The monoisotopic (exact) mass is 640 g/mol. The summed E-state index contributed by atoms with van der Waals surface area (Å²) in [5.74, 6) is 1.79. The fourth-order valence-electron chi connectivity index (χ4n) is 7.11. The molecule has 0 fully saturated rings. The van der Waals surface area contributed by atoms with E-state index in [-0.39, 0.29) is 0 Å². The summed E-state index contributed by atoms with van der Waals surface area (Å²) < 4.78 is 8.52. The van der Waals surface area contributed by atoms with Gasteiger partial charge in [-0.3, -0.25) is 4.57 Å². The summed E-state index contributed by atoms with van der Waals surface area (Å²) in [6, 6.07) is 58.6. The van der Waals surface area contributed by atoms with E-state index in [1.807, 2.05) is 48.5 Å². The topological polar surface area (TPSA) is 56.7 Å². The van der Waals surface area contributed by atoms with Gasteiger partial charge in [0, 0.05) is 38.2 Å². The second-order valence-electron chi connectivity index (χ2n) is 12.5. The summed E-state index contributed by atoms with van der Waals surface area (Å²) in [7, 11) is 0. The van der Waals surface area contributed by atoms with Crippen LogP contribution in [0, 0.1) is 0 Å². The minimum atomic E-state index is 0.560. The predicted molar refractivity (Wildman–Crippen MR) is 203 cm³/mol. The Morgan fingerprint density at radius 1 is 0.380 bits per heavy atom. The summed E-state index contributed by atoms with van der Waals surface area (Å²) in [5, 5.41) is 4.47. The van der Waals surface area contributed by atoms with Crippen LogP contribution in [0.25, 0.3) is 94.7 Å². The Morgan fingerprint density at radius 3 is 1.72 bits per heavy atom. The van der Waals surface area contributed by atoms with E-state index in [1.54, 1.807) is 0 Å². The molecule has 5 nitrogen and oxygen atoms in total. The van der Waals surface area contributed by atoms with Crippen molar-refractivity contribution in [3.05, 3.63) is 170 Å². The molecule has 0 amide bonds. The number of para-hydroxylation sites is 3. The van der Waals surface area contributed by atoms with Crippen molar-refractivity contribution in [1.29, 1.82) is 0 Å². The maximum Gasteiger partial charge on any atom is 0.238 e. The third-order valence-electron chi connectivity index (χ3n) is 9.49. The van der Waals surface area contributed by atoms with Crippen molar-refractivity contribution in [2.24, 2.45) is 0 Å². The third-order valence-corrected chi connectivity index (χ3v) is 9.49. The lowest BCUT2D eigenvalue weighted by molar-refractivity contribution is 0.669. The van der Waals surface area contributed by atoms with Crippen LogP contribution in [-0.4, -0.2) is 19.5 Å². The van der Waals surface area contributed by atoms with E-state index in [4.69, 9.17) is 19.4 Å². The molecule has 0 saturated carbocycles. The highest BCUT2D eigenvalue weighted by atomic mass is 16.3. The first-order valence-corrected chi connectivity index (χ1v) is 16.7. The Morgan fingerprint density at radius 2 is 0.940 bits per heavy atom. The molecule has 3 heterocycles. The minimum Gasteiger partial charge on any atom is -0.456 e. The highest BCUT2D eigenvalue weighted by Crippen LogP contribution is 2.40. The molecule has 0 aliphatic rings. The Kier molecular flexibility index (Phi) is 6.42. The van der Waals surface area contributed by atoms with Gasteiger partial charge in [-0.25, -0.2) is 4.98 Å². The molecule has 0 radical (unpaired) electrons. The lowest BCUT2D eigenvalue weighted by Crippen LogP contribution is -2.07. The SMILES string of the molecule is c1ccc(-c2ccc(-c3nc(-c4ccccc4)nc(-n4c5ccccc5c5cccc(-c6ccc7c(c6)oc6ccccc67)c54)n3)cc2)cc1. The summed E-state index contributed by atoms with van der Waals surface area (Å²) in [6.45, 7) is 0. The number of hydrogen-bond acceptors (Lipinski definition) is 4. The maximum atomic E-state index is 6.33. The van der Waals surface area contributed by atoms with Crippen molar-refractivity contribution >= 4 is 43.7 Å². The van der Waals surface area contributed by atoms with Gasteiger partial charge in [0.1, 0.15) is 11.2 Å². The van der Waals surface area contributed by atoms with E-state index < -0.39 is 0 Å². The lowest BCUT2D eigenvalue weighted by atomic mass is 10.0. The smallest absolute Gasteiger partial charge is 0.238 e. The van der Waals surface area contributed by atoms with E-state index in [0.29, 0.717) is 17.6 Å². The molecule has 0 atom stereocenters. The highest BCUT2D eigenvalue weighted by molar-refractivity contribution is 6.14. The van der Waals surface area contributed by atoms with Crippen LogP contribution in [-0.2, 0) is 0 Å². The zero-order chi connectivity index (χ0) is 33.0. The quantitative estimate of drug-likeness (QED) is 0.188. The molecule has 0 unspecified atom stereocenters. The number of nitrogens with zero attached hydrogens (tertiary/aromatic N) is 4. The summed E-state index contributed by atoms with van der Waals surface area (Å²) in [4.78, 5) is 15.4. The van der Waals surface area contributed by atoms with Crippen LogP contribution in [0.2, 0.25) is 0 Å². The lowest BCUT2D eigenvalue weighted by Gasteiger charge is -2.13. The van der Waals surface area contributed by atoms with Crippen molar-refractivity contribution in [2.45, 2.75) is 0 Å². The standard InChI is InChI=1S/C45H28N4O/c1-3-12-29(13-4-1)30-22-24-32(25-23-30)44-46-43(31-14-5-2-6-15-31)47-45(48-44)49-39-20-9-7-16-35(39)38-19-11-18-34(42(38)49)33-26-27-37-36-17-8-10-21-40(36)50-41(37)28-33/h1-28H. The Bertz CT molecular complexity index is 2850. The summed E-state index contributed by atoms with van der Waals surface area (Å²) in [6.07, 6.45) is 0. The largest absolute Gasteiger partial charge is 0.456 e. The van der Waals surface area contributed by atoms with E-state index in [2.05, 4.69) is 126 Å². The first-order valence-electron chi connectivity index (χ1n) is 16.7. The number of rotatable bonds is 5. The first-order chi connectivity index (χ1) is 24.8. The van der Waals surface area contributed by atoms with Gasteiger partial charge < -0.3 is 4.42 Å². The van der Waals surface area contributed by atoms with Crippen molar-refractivity contribution in [3.63, 3.8) is 0 Å². The maximum absolute atomic E-state index is 6.33. The molecule has 0 aliphatic carbocycles. The molecule has 234 valence electrons. The first kappa shape index (κ1) is 28.2. The fourth-order valence-corrected chi connectivity index (χ4v) is 7.11.